The van der Waals surface area contributed by atoms with Crippen LogP contribution in [0.1, 0.15) is 6.42 Å². The molecule has 2 aliphatic heterocycles. The van der Waals surface area contributed by atoms with Gasteiger partial charge < -0.3 is 4.90 Å². The van der Waals surface area contributed by atoms with Crippen LogP contribution in [-0.2, 0) is 0 Å². The number of thioether (sulfide) groups is 1. The zero-order valence-corrected chi connectivity index (χ0v) is 10.9. The van der Waals surface area contributed by atoms with Crippen molar-refractivity contribution in [1.82, 2.24) is 9.88 Å². The molecule has 3 rings (SSSR count). The van der Waals surface area contributed by atoms with Gasteiger partial charge >= 0.3 is 0 Å². The second-order valence-electron chi connectivity index (χ2n) is 4.73. The molecule has 1 atom stereocenters. The van der Waals surface area contributed by atoms with Crippen LogP contribution < -0.4 is 4.90 Å². The number of hydrogen-bond donors (Lipinski definition) is 0. The highest BCUT2D eigenvalue weighted by Gasteiger charge is 2.26. The predicted octanol–water partition coefficient (Wildman–Crippen LogP) is 1.71. The first-order valence-electron chi connectivity index (χ1n) is 6.41. The van der Waals surface area contributed by atoms with Crippen LogP contribution in [0.2, 0.25) is 0 Å². The average Bonchev–Trinajstić information content (AvgIpc) is 2.94. The third-order valence-corrected chi connectivity index (χ3v) is 4.85. The highest BCUT2D eigenvalue weighted by atomic mass is 32.2. The molecule has 0 aromatic carbocycles. The number of piperazine rings is 1. The minimum atomic E-state index is 0.839. The smallest absolute Gasteiger partial charge is 0.128 e. The minimum absolute atomic E-state index is 0.839. The summed E-state index contributed by atoms with van der Waals surface area (Å²) in [6, 6.07) is 7.00. The quantitative estimate of drug-likeness (QED) is 0.794. The molecule has 92 valence electrons. The third kappa shape index (κ3) is 2.58. The molecular formula is C13H19N3S. The Morgan fingerprint density at radius 3 is 2.71 bits per heavy atom. The molecule has 0 N–H and O–H groups in total. The summed E-state index contributed by atoms with van der Waals surface area (Å²) in [5.41, 5.74) is 0. The largest absolute Gasteiger partial charge is 0.354 e. The second-order valence-corrected chi connectivity index (χ2v) is 5.88. The van der Waals surface area contributed by atoms with Crippen LogP contribution in [0.25, 0.3) is 0 Å². The van der Waals surface area contributed by atoms with Gasteiger partial charge in [-0.2, -0.15) is 11.8 Å². The van der Waals surface area contributed by atoms with Gasteiger partial charge in [0.25, 0.3) is 0 Å². The molecule has 0 bridgehead atoms. The van der Waals surface area contributed by atoms with Crippen LogP contribution in [0.5, 0.6) is 0 Å². The van der Waals surface area contributed by atoms with Crippen molar-refractivity contribution in [1.29, 1.82) is 0 Å². The van der Waals surface area contributed by atoms with Crippen molar-refractivity contribution in [3.63, 3.8) is 0 Å². The Hall–Kier alpha value is -0.740. The second kappa shape index (κ2) is 5.27. The van der Waals surface area contributed by atoms with Crippen LogP contribution >= 0.6 is 11.8 Å². The SMILES string of the molecule is c1ccc(N2CCN([C@H]3CCSC3)CC2)nc1. The summed E-state index contributed by atoms with van der Waals surface area (Å²) in [5.74, 6) is 3.82. The number of rotatable bonds is 2. The van der Waals surface area contributed by atoms with Gasteiger partial charge in [0.15, 0.2) is 0 Å². The third-order valence-electron chi connectivity index (χ3n) is 3.71. The lowest BCUT2D eigenvalue weighted by Gasteiger charge is -2.38. The van der Waals surface area contributed by atoms with Crippen molar-refractivity contribution in [3.8, 4) is 0 Å². The number of nitrogens with zero attached hydrogens (tertiary/aromatic N) is 3. The molecule has 0 unspecified atom stereocenters. The first-order chi connectivity index (χ1) is 8.43. The fourth-order valence-electron chi connectivity index (χ4n) is 2.67. The zero-order valence-electron chi connectivity index (χ0n) is 10.1. The highest BCUT2D eigenvalue weighted by molar-refractivity contribution is 7.99. The Labute approximate surface area is 107 Å². The molecule has 3 nitrogen and oxygen atoms in total. The van der Waals surface area contributed by atoms with E-state index in [2.05, 4.69) is 38.7 Å². The highest BCUT2D eigenvalue weighted by Crippen LogP contribution is 2.24. The fraction of sp³-hybridized carbons (Fsp3) is 0.615. The maximum Gasteiger partial charge on any atom is 0.128 e. The summed E-state index contributed by atoms with van der Waals surface area (Å²) >= 11 is 2.11. The van der Waals surface area contributed by atoms with E-state index in [0.29, 0.717) is 0 Å². The van der Waals surface area contributed by atoms with Gasteiger partial charge in [0.2, 0.25) is 0 Å². The number of hydrogen-bond acceptors (Lipinski definition) is 4. The zero-order chi connectivity index (χ0) is 11.5. The summed E-state index contributed by atoms with van der Waals surface area (Å²) in [7, 11) is 0. The predicted molar refractivity (Wildman–Crippen MR) is 73.8 cm³/mol. The Bertz CT molecular complexity index is 343. The van der Waals surface area contributed by atoms with E-state index in [1.54, 1.807) is 0 Å². The Morgan fingerprint density at radius 1 is 1.18 bits per heavy atom. The van der Waals surface area contributed by atoms with Gasteiger partial charge in [-0.15, -0.1) is 0 Å². The van der Waals surface area contributed by atoms with E-state index in [4.69, 9.17) is 0 Å². The summed E-state index contributed by atoms with van der Waals surface area (Å²) in [4.78, 5) is 9.50. The van der Waals surface area contributed by atoms with Gasteiger partial charge in [-0.25, -0.2) is 4.98 Å². The van der Waals surface area contributed by atoms with Gasteiger partial charge in [0.05, 0.1) is 0 Å². The molecule has 0 spiro atoms. The normalized spacial score (nSPS) is 26.4. The summed E-state index contributed by atoms with van der Waals surface area (Å²) in [5, 5.41) is 0. The molecule has 3 heterocycles. The lowest BCUT2D eigenvalue weighted by molar-refractivity contribution is 0.200. The molecule has 2 fully saturated rings. The molecule has 17 heavy (non-hydrogen) atoms. The monoisotopic (exact) mass is 249 g/mol. The van der Waals surface area contributed by atoms with E-state index >= 15 is 0 Å². The van der Waals surface area contributed by atoms with E-state index in [1.807, 2.05) is 12.3 Å². The topological polar surface area (TPSA) is 19.4 Å². The molecule has 4 heteroatoms. The van der Waals surface area contributed by atoms with Crippen molar-refractivity contribution in [2.45, 2.75) is 12.5 Å². The number of aromatic nitrogens is 1. The summed E-state index contributed by atoms with van der Waals surface area (Å²) < 4.78 is 0. The van der Waals surface area contributed by atoms with Crippen LogP contribution in [0.3, 0.4) is 0 Å². The molecule has 1 aromatic heterocycles. The van der Waals surface area contributed by atoms with Crippen molar-refractivity contribution in [3.05, 3.63) is 24.4 Å². The average molecular weight is 249 g/mol. The van der Waals surface area contributed by atoms with E-state index < -0.39 is 0 Å². The van der Waals surface area contributed by atoms with Gasteiger partial charge in [-0.3, -0.25) is 4.90 Å². The number of pyridine rings is 1. The first-order valence-corrected chi connectivity index (χ1v) is 7.57. The maximum absolute atomic E-state index is 4.43. The van der Waals surface area contributed by atoms with Crippen molar-refractivity contribution in [2.75, 3.05) is 42.6 Å². The fourth-order valence-corrected chi connectivity index (χ4v) is 3.92. The molecule has 0 saturated carbocycles. The Kier molecular flexibility index (Phi) is 3.52. The van der Waals surface area contributed by atoms with Crippen molar-refractivity contribution >= 4 is 17.6 Å². The van der Waals surface area contributed by atoms with Crippen molar-refractivity contribution < 1.29 is 0 Å². The summed E-state index contributed by atoms with van der Waals surface area (Å²) in [6.07, 6.45) is 3.27. The van der Waals surface area contributed by atoms with Crippen LogP contribution in [-0.4, -0.2) is 53.6 Å². The Morgan fingerprint density at radius 2 is 2.06 bits per heavy atom. The van der Waals surface area contributed by atoms with E-state index in [1.165, 1.54) is 31.0 Å². The minimum Gasteiger partial charge on any atom is -0.354 e. The lowest BCUT2D eigenvalue weighted by Crippen LogP contribution is -2.50. The van der Waals surface area contributed by atoms with E-state index in [-0.39, 0.29) is 0 Å². The van der Waals surface area contributed by atoms with Crippen LogP contribution in [0.4, 0.5) is 5.82 Å². The van der Waals surface area contributed by atoms with Gasteiger partial charge in [-0.1, -0.05) is 6.07 Å². The van der Waals surface area contributed by atoms with Crippen molar-refractivity contribution in [2.24, 2.45) is 0 Å². The van der Waals surface area contributed by atoms with Crippen LogP contribution in [0, 0.1) is 0 Å². The van der Waals surface area contributed by atoms with Gasteiger partial charge in [0, 0.05) is 44.2 Å². The molecular weight excluding hydrogens is 230 g/mol. The van der Waals surface area contributed by atoms with Gasteiger partial charge in [0.1, 0.15) is 5.82 Å². The molecule has 1 aromatic rings. The molecule has 0 aliphatic carbocycles. The molecule has 0 amide bonds. The van der Waals surface area contributed by atoms with Crippen LogP contribution in [0.15, 0.2) is 24.4 Å². The lowest BCUT2D eigenvalue weighted by atomic mass is 10.2. The van der Waals surface area contributed by atoms with Gasteiger partial charge in [-0.05, 0) is 24.3 Å². The van der Waals surface area contributed by atoms with E-state index in [0.717, 1.165) is 24.9 Å². The summed E-state index contributed by atoms with van der Waals surface area (Å²) in [6.45, 7) is 4.64. The molecule has 2 aliphatic rings. The Balaban J connectivity index is 1.57. The number of anilines is 1. The first kappa shape index (κ1) is 11.4. The standard InChI is InChI=1S/C13H19N3S/c1-2-5-14-13(3-1)16-8-6-15(7-9-16)12-4-10-17-11-12/h1-3,5,12H,4,6-11H2/t12-/m0/s1. The molecule has 0 radical (unpaired) electrons. The maximum atomic E-state index is 4.43. The van der Waals surface area contributed by atoms with E-state index in [9.17, 15) is 0 Å². The molecule has 2 saturated heterocycles.